The van der Waals surface area contributed by atoms with Gasteiger partial charge in [0.05, 0.1) is 18.1 Å². The first-order valence-corrected chi connectivity index (χ1v) is 8.40. The van der Waals surface area contributed by atoms with Crippen molar-refractivity contribution in [3.05, 3.63) is 24.3 Å². The number of sulfonamides is 1. The minimum absolute atomic E-state index is 0.0579. The second kappa shape index (κ2) is 7.57. The van der Waals surface area contributed by atoms with Crippen molar-refractivity contribution in [2.45, 2.75) is 23.8 Å². The molecule has 0 spiro atoms. The van der Waals surface area contributed by atoms with Gasteiger partial charge in [-0.1, -0.05) is 0 Å². The SMILES string of the molecule is COC(=O)COc1ccc(S(=O)(=O)NC[C@@H]2CCCO2)cc1. The van der Waals surface area contributed by atoms with Crippen LogP contribution in [0.25, 0.3) is 0 Å². The molecule has 7 nitrogen and oxygen atoms in total. The van der Waals surface area contributed by atoms with Crippen molar-refractivity contribution in [1.29, 1.82) is 0 Å². The normalized spacial score (nSPS) is 18.1. The first-order chi connectivity index (χ1) is 10.5. The molecule has 0 aromatic heterocycles. The molecule has 0 bridgehead atoms. The Labute approximate surface area is 129 Å². The van der Waals surface area contributed by atoms with Crippen molar-refractivity contribution < 1.29 is 27.4 Å². The van der Waals surface area contributed by atoms with Crippen molar-refractivity contribution in [3.8, 4) is 5.75 Å². The summed E-state index contributed by atoms with van der Waals surface area (Å²) in [6, 6.07) is 5.82. The van der Waals surface area contributed by atoms with E-state index in [1.807, 2.05) is 0 Å². The van der Waals surface area contributed by atoms with Gasteiger partial charge in [0.15, 0.2) is 6.61 Å². The molecule has 122 valence electrons. The van der Waals surface area contributed by atoms with Crippen LogP contribution in [0.3, 0.4) is 0 Å². The molecule has 1 aromatic carbocycles. The van der Waals surface area contributed by atoms with Crippen molar-refractivity contribution >= 4 is 16.0 Å². The molecule has 0 unspecified atom stereocenters. The van der Waals surface area contributed by atoms with E-state index in [1.54, 1.807) is 0 Å². The van der Waals surface area contributed by atoms with Gasteiger partial charge < -0.3 is 14.2 Å². The van der Waals surface area contributed by atoms with E-state index in [0.717, 1.165) is 12.8 Å². The van der Waals surface area contributed by atoms with Crippen LogP contribution in [-0.2, 0) is 24.3 Å². The number of methoxy groups -OCH3 is 1. The maximum Gasteiger partial charge on any atom is 0.343 e. The Morgan fingerprint density at radius 1 is 1.36 bits per heavy atom. The topological polar surface area (TPSA) is 90.9 Å². The van der Waals surface area contributed by atoms with Gasteiger partial charge in [-0.2, -0.15) is 0 Å². The Hall–Kier alpha value is -1.64. The van der Waals surface area contributed by atoms with Gasteiger partial charge in [-0.25, -0.2) is 17.9 Å². The van der Waals surface area contributed by atoms with Crippen LogP contribution in [0.4, 0.5) is 0 Å². The number of esters is 1. The van der Waals surface area contributed by atoms with Crippen molar-refractivity contribution in [3.63, 3.8) is 0 Å². The minimum Gasteiger partial charge on any atom is -0.482 e. The molecule has 1 fully saturated rings. The lowest BCUT2D eigenvalue weighted by Gasteiger charge is -2.12. The molecule has 1 heterocycles. The lowest BCUT2D eigenvalue weighted by atomic mass is 10.2. The summed E-state index contributed by atoms with van der Waals surface area (Å²) in [5.41, 5.74) is 0. The van der Waals surface area contributed by atoms with Crippen molar-refractivity contribution in [2.75, 3.05) is 26.9 Å². The predicted molar refractivity (Wildman–Crippen MR) is 78.1 cm³/mol. The highest BCUT2D eigenvalue weighted by Gasteiger charge is 2.20. The standard InChI is InChI=1S/C14H19NO6S/c1-19-14(16)10-21-11-4-6-13(7-5-11)22(17,18)15-9-12-3-2-8-20-12/h4-7,12,15H,2-3,8-10H2,1H3/t12-/m0/s1. The summed E-state index contributed by atoms with van der Waals surface area (Å²) in [5, 5.41) is 0. The zero-order chi connectivity index (χ0) is 16.0. The van der Waals surface area contributed by atoms with Gasteiger partial charge in [0.2, 0.25) is 10.0 Å². The maximum absolute atomic E-state index is 12.1. The second-order valence-corrected chi connectivity index (χ2v) is 6.59. The molecular weight excluding hydrogens is 310 g/mol. The van der Waals surface area contributed by atoms with E-state index in [-0.39, 0.29) is 24.2 Å². The third-order valence-electron chi connectivity index (χ3n) is 3.24. The summed E-state index contributed by atoms with van der Waals surface area (Å²) in [6.45, 7) is 0.724. The molecule has 1 N–H and O–H groups in total. The van der Waals surface area contributed by atoms with Gasteiger partial charge >= 0.3 is 5.97 Å². The smallest absolute Gasteiger partial charge is 0.343 e. The second-order valence-electron chi connectivity index (χ2n) is 4.82. The summed E-state index contributed by atoms with van der Waals surface area (Å²) < 4.78 is 41.8. The molecule has 1 aliphatic heterocycles. The lowest BCUT2D eigenvalue weighted by Crippen LogP contribution is -2.31. The van der Waals surface area contributed by atoms with Gasteiger partial charge in [-0.05, 0) is 37.1 Å². The molecule has 1 aromatic rings. The molecule has 22 heavy (non-hydrogen) atoms. The Bertz CT molecular complexity index is 592. The number of hydrogen-bond donors (Lipinski definition) is 1. The van der Waals surface area contributed by atoms with Gasteiger partial charge in [0, 0.05) is 13.2 Å². The summed E-state index contributed by atoms with van der Waals surface area (Å²) in [5.74, 6) is -0.113. The molecule has 1 atom stereocenters. The highest BCUT2D eigenvalue weighted by Crippen LogP contribution is 2.17. The van der Waals surface area contributed by atoms with E-state index in [4.69, 9.17) is 9.47 Å². The fraction of sp³-hybridized carbons (Fsp3) is 0.500. The summed E-state index contributed by atoms with van der Waals surface area (Å²) >= 11 is 0. The largest absolute Gasteiger partial charge is 0.482 e. The maximum atomic E-state index is 12.1. The number of ether oxygens (including phenoxy) is 3. The van der Waals surface area contributed by atoms with E-state index in [1.165, 1.54) is 31.4 Å². The van der Waals surface area contributed by atoms with Crippen LogP contribution in [0.2, 0.25) is 0 Å². The van der Waals surface area contributed by atoms with Crippen molar-refractivity contribution in [1.82, 2.24) is 4.72 Å². The first-order valence-electron chi connectivity index (χ1n) is 6.92. The predicted octanol–water partition coefficient (Wildman–Crippen LogP) is 0.696. The first kappa shape index (κ1) is 16.7. The fourth-order valence-corrected chi connectivity index (χ4v) is 3.07. The van der Waals surface area contributed by atoms with Crippen LogP contribution in [0.1, 0.15) is 12.8 Å². The van der Waals surface area contributed by atoms with Crippen molar-refractivity contribution in [2.24, 2.45) is 0 Å². The number of hydrogen-bond acceptors (Lipinski definition) is 6. The fourth-order valence-electron chi connectivity index (χ4n) is 2.01. The van der Waals surface area contributed by atoms with Gasteiger partial charge in [-0.15, -0.1) is 0 Å². The number of benzene rings is 1. The van der Waals surface area contributed by atoms with Crippen LogP contribution >= 0.6 is 0 Å². The monoisotopic (exact) mass is 329 g/mol. The van der Waals surface area contributed by atoms with E-state index >= 15 is 0 Å². The van der Waals surface area contributed by atoms with E-state index in [2.05, 4.69) is 9.46 Å². The van der Waals surface area contributed by atoms with E-state index in [0.29, 0.717) is 12.4 Å². The highest BCUT2D eigenvalue weighted by molar-refractivity contribution is 7.89. The van der Waals surface area contributed by atoms with Crippen LogP contribution < -0.4 is 9.46 Å². The zero-order valence-electron chi connectivity index (χ0n) is 12.3. The molecule has 0 aliphatic carbocycles. The number of nitrogens with one attached hydrogen (secondary N) is 1. The zero-order valence-corrected chi connectivity index (χ0v) is 13.1. The van der Waals surface area contributed by atoms with Gasteiger partial charge in [-0.3, -0.25) is 0 Å². The number of rotatable bonds is 7. The molecule has 8 heteroatoms. The lowest BCUT2D eigenvalue weighted by molar-refractivity contribution is -0.142. The molecule has 1 saturated heterocycles. The van der Waals surface area contributed by atoms with E-state index < -0.39 is 16.0 Å². The van der Waals surface area contributed by atoms with E-state index in [9.17, 15) is 13.2 Å². The Morgan fingerprint density at radius 2 is 2.09 bits per heavy atom. The Balaban J connectivity index is 1.91. The molecule has 2 rings (SSSR count). The summed E-state index contributed by atoms with van der Waals surface area (Å²) in [6.07, 6.45) is 1.76. The third kappa shape index (κ3) is 4.69. The molecule has 0 amide bonds. The van der Waals surface area contributed by atoms with Crippen LogP contribution in [0.15, 0.2) is 29.2 Å². The van der Waals surface area contributed by atoms with Gasteiger partial charge in [0.1, 0.15) is 5.75 Å². The van der Waals surface area contributed by atoms with Crippen LogP contribution in [-0.4, -0.2) is 47.4 Å². The quantitative estimate of drug-likeness (QED) is 0.740. The third-order valence-corrected chi connectivity index (χ3v) is 4.68. The van der Waals surface area contributed by atoms with Crippen LogP contribution in [0.5, 0.6) is 5.75 Å². The highest BCUT2D eigenvalue weighted by atomic mass is 32.2. The minimum atomic E-state index is -3.58. The summed E-state index contributed by atoms with van der Waals surface area (Å²) in [4.78, 5) is 11.1. The number of carbonyl (C=O) groups is 1. The molecule has 0 radical (unpaired) electrons. The summed E-state index contributed by atoms with van der Waals surface area (Å²) in [7, 11) is -2.31. The Morgan fingerprint density at radius 3 is 2.68 bits per heavy atom. The van der Waals surface area contributed by atoms with Gasteiger partial charge in [0.25, 0.3) is 0 Å². The molecular formula is C14H19NO6S. The average Bonchev–Trinajstić information content (AvgIpc) is 3.04. The average molecular weight is 329 g/mol. The van der Waals surface area contributed by atoms with Crippen LogP contribution in [0, 0.1) is 0 Å². The Kier molecular flexibility index (Phi) is 5.76. The number of carbonyl (C=O) groups excluding carboxylic acids is 1. The molecule has 1 aliphatic rings. The molecule has 0 saturated carbocycles.